The van der Waals surface area contributed by atoms with Crippen molar-refractivity contribution in [3.05, 3.63) is 63.6 Å². The summed E-state index contributed by atoms with van der Waals surface area (Å²) in [6.07, 6.45) is 1.24. The molecule has 1 aliphatic rings. The second-order valence-corrected chi connectivity index (χ2v) is 10.1. The smallest absolute Gasteiger partial charge is 0.326 e. The van der Waals surface area contributed by atoms with E-state index in [1.165, 1.54) is 0 Å². The molecule has 1 heterocycles. The summed E-state index contributed by atoms with van der Waals surface area (Å²) >= 11 is 12.4. The molecule has 4 N–H and O–H groups in total. The number of halogens is 2. The fraction of sp³-hybridized carbons (Fsp3) is 0.444. The van der Waals surface area contributed by atoms with Crippen LogP contribution in [0.5, 0.6) is 5.75 Å². The van der Waals surface area contributed by atoms with Gasteiger partial charge in [-0.3, -0.25) is 9.59 Å². The first-order valence-electron chi connectivity index (χ1n) is 12.3. The highest BCUT2D eigenvalue weighted by molar-refractivity contribution is 6.35. The molecule has 200 valence electrons. The quantitative estimate of drug-likeness (QED) is 0.363. The van der Waals surface area contributed by atoms with E-state index in [2.05, 4.69) is 5.32 Å². The molecule has 3 rings (SSSR count). The lowest BCUT2D eigenvalue weighted by molar-refractivity contribution is -0.153. The third kappa shape index (κ3) is 6.74. The summed E-state index contributed by atoms with van der Waals surface area (Å²) in [5.74, 6) is -1.50. The van der Waals surface area contributed by atoms with Crippen molar-refractivity contribution in [1.29, 1.82) is 0 Å². The van der Waals surface area contributed by atoms with Crippen LogP contribution in [0, 0.1) is 5.41 Å². The number of hydrogen-bond acceptors (Lipinski definition) is 5. The van der Waals surface area contributed by atoms with E-state index in [4.69, 9.17) is 33.7 Å². The average Bonchev–Trinajstić information content (AvgIpc) is 3.31. The third-order valence-electron chi connectivity index (χ3n) is 6.97. The van der Waals surface area contributed by atoms with E-state index >= 15 is 0 Å². The zero-order chi connectivity index (χ0) is 27.2. The number of hydrogen-bond donors (Lipinski definition) is 3. The van der Waals surface area contributed by atoms with Crippen molar-refractivity contribution in [3.63, 3.8) is 0 Å². The Hall–Kier alpha value is -2.81. The molecule has 2 unspecified atom stereocenters. The lowest BCUT2D eigenvalue weighted by Crippen LogP contribution is -2.55. The fourth-order valence-electron chi connectivity index (χ4n) is 4.52. The minimum absolute atomic E-state index is 0.0456. The molecule has 0 radical (unpaired) electrons. The van der Waals surface area contributed by atoms with Crippen molar-refractivity contribution < 1.29 is 24.2 Å². The van der Waals surface area contributed by atoms with Crippen molar-refractivity contribution in [3.8, 4) is 5.75 Å². The van der Waals surface area contributed by atoms with Crippen molar-refractivity contribution in [2.45, 2.75) is 58.2 Å². The van der Waals surface area contributed by atoms with Gasteiger partial charge in [0.2, 0.25) is 11.8 Å². The summed E-state index contributed by atoms with van der Waals surface area (Å²) in [6, 6.07) is 10.8. The molecular formula is C27H33Cl2N3O5. The molecule has 2 amide bonds. The Balaban J connectivity index is 1.67. The van der Waals surface area contributed by atoms with E-state index in [9.17, 15) is 19.5 Å². The Morgan fingerprint density at radius 1 is 1.14 bits per heavy atom. The van der Waals surface area contributed by atoms with E-state index in [0.29, 0.717) is 46.4 Å². The number of likely N-dealkylation sites (tertiary alicyclic amines) is 1. The van der Waals surface area contributed by atoms with Crippen molar-refractivity contribution in [2.24, 2.45) is 11.1 Å². The number of benzene rings is 2. The van der Waals surface area contributed by atoms with Crippen LogP contribution in [-0.4, -0.2) is 53.0 Å². The van der Waals surface area contributed by atoms with Crippen LogP contribution < -0.4 is 15.8 Å². The van der Waals surface area contributed by atoms with Crippen LogP contribution in [0.15, 0.2) is 42.5 Å². The predicted octanol–water partition coefficient (Wildman–Crippen LogP) is 4.05. The van der Waals surface area contributed by atoms with Gasteiger partial charge >= 0.3 is 5.97 Å². The van der Waals surface area contributed by atoms with Crippen molar-refractivity contribution >= 4 is 41.0 Å². The Bertz CT molecular complexity index is 1100. The number of carboxylic acid groups (broad SMARTS) is 1. The molecule has 1 fully saturated rings. The van der Waals surface area contributed by atoms with Crippen molar-refractivity contribution in [2.75, 3.05) is 13.1 Å². The van der Waals surface area contributed by atoms with Gasteiger partial charge in [-0.05, 0) is 49.1 Å². The van der Waals surface area contributed by atoms with Crippen LogP contribution >= 0.6 is 23.2 Å². The van der Waals surface area contributed by atoms with Gasteiger partial charge in [0.15, 0.2) is 0 Å². The summed E-state index contributed by atoms with van der Waals surface area (Å²) in [6.45, 7) is 4.60. The second-order valence-electron chi connectivity index (χ2n) is 9.29. The number of carbonyl (C=O) groups excluding carboxylic acids is 2. The first kappa shape index (κ1) is 28.8. The molecular weight excluding hydrogens is 517 g/mol. The molecule has 1 saturated heterocycles. The minimum atomic E-state index is -1.34. The number of rotatable bonds is 11. The number of nitrogens with one attached hydrogen (secondary N) is 1. The maximum Gasteiger partial charge on any atom is 0.326 e. The molecule has 0 bridgehead atoms. The number of aliphatic carboxylic acids is 1. The molecule has 2 aromatic rings. The molecule has 0 aliphatic carbocycles. The predicted molar refractivity (Wildman–Crippen MR) is 143 cm³/mol. The van der Waals surface area contributed by atoms with Crippen LogP contribution in [0.3, 0.4) is 0 Å². The van der Waals surface area contributed by atoms with Gasteiger partial charge in [0.25, 0.3) is 0 Å². The molecule has 0 saturated carbocycles. The summed E-state index contributed by atoms with van der Waals surface area (Å²) in [7, 11) is 0. The van der Waals surface area contributed by atoms with Gasteiger partial charge in [0.05, 0.1) is 0 Å². The highest BCUT2D eigenvalue weighted by Gasteiger charge is 2.47. The Labute approximate surface area is 227 Å². The van der Waals surface area contributed by atoms with Crippen LogP contribution in [-0.2, 0) is 27.4 Å². The van der Waals surface area contributed by atoms with Gasteiger partial charge in [-0.15, -0.1) is 0 Å². The number of carboxylic acids is 1. The van der Waals surface area contributed by atoms with Crippen LogP contribution in [0.25, 0.3) is 0 Å². The van der Waals surface area contributed by atoms with Gasteiger partial charge in [-0.25, -0.2) is 4.79 Å². The Morgan fingerprint density at radius 2 is 1.76 bits per heavy atom. The number of amides is 2. The minimum Gasteiger partial charge on any atom is -0.489 e. The first-order valence-corrected chi connectivity index (χ1v) is 13.1. The van der Waals surface area contributed by atoms with E-state index < -0.39 is 23.3 Å². The molecule has 37 heavy (non-hydrogen) atoms. The topological polar surface area (TPSA) is 122 Å². The van der Waals surface area contributed by atoms with E-state index in [1.807, 2.05) is 0 Å². The van der Waals surface area contributed by atoms with Gasteiger partial charge in [-0.2, -0.15) is 0 Å². The van der Waals surface area contributed by atoms with Gasteiger partial charge in [0, 0.05) is 41.2 Å². The fourth-order valence-corrected chi connectivity index (χ4v) is 5.03. The molecule has 0 aromatic heterocycles. The number of nitrogens with zero attached hydrogens (tertiary/aromatic N) is 1. The normalized spacial score (nSPS) is 16.4. The molecule has 2 aromatic carbocycles. The highest BCUT2D eigenvalue weighted by atomic mass is 35.5. The Morgan fingerprint density at radius 3 is 2.27 bits per heavy atom. The maximum atomic E-state index is 13.3. The average molecular weight is 550 g/mol. The summed E-state index contributed by atoms with van der Waals surface area (Å²) in [4.78, 5) is 40.3. The van der Waals surface area contributed by atoms with Gasteiger partial charge < -0.3 is 25.8 Å². The summed E-state index contributed by atoms with van der Waals surface area (Å²) in [5.41, 5.74) is 5.97. The van der Waals surface area contributed by atoms with E-state index in [-0.39, 0.29) is 37.8 Å². The third-order valence-corrected chi connectivity index (χ3v) is 7.68. The zero-order valence-electron chi connectivity index (χ0n) is 21.0. The van der Waals surface area contributed by atoms with Crippen LogP contribution in [0.1, 0.15) is 44.2 Å². The van der Waals surface area contributed by atoms with E-state index in [1.54, 1.807) is 61.2 Å². The van der Waals surface area contributed by atoms with Crippen LogP contribution in [0.2, 0.25) is 10.0 Å². The van der Waals surface area contributed by atoms with Gasteiger partial charge in [-0.1, -0.05) is 55.2 Å². The Kier molecular flexibility index (Phi) is 9.81. The largest absolute Gasteiger partial charge is 0.489 e. The highest BCUT2D eigenvalue weighted by Crippen LogP contribution is 2.31. The zero-order valence-corrected chi connectivity index (χ0v) is 22.5. The SMILES string of the molecule is CCC(CC)(C(=O)NC(Cc1ccc(OCc2c(Cl)cccc2Cl)cc1)C(=O)O)C(=O)N1CCC(N)C1. The van der Waals surface area contributed by atoms with E-state index in [0.717, 1.165) is 0 Å². The van der Waals surface area contributed by atoms with Gasteiger partial charge in [0.1, 0.15) is 23.8 Å². The second kappa shape index (κ2) is 12.6. The summed E-state index contributed by atoms with van der Waals surface area (Å²) < 4.78 is 5.78. The standard InChI is InChI=1S/C27H33Cl2N3O5/c1-3-27(4-2,26(36)32-13-12-18(30)15-32)25(35)31-23(24(33)34)14-17-8-10-19(11-9-17)37-16-20-21(28)6-5-7-22(20)29/h5-11,18,23H,3-4,12-16,30H2,1-2H3,(H,31,35)(H,33,34). The van der Waals surface area contributed by atoms with Crippen molar-refractivity contribution in [1.82, 2.24) is 10.2 Å². The molecule has 0 spiro atoms. The number of carbonyl (C=O) groups is 3. The maximum absolute atomic E-state index is 13.3. The number of ether oxygens (including phenoxy) is 1. The molecule has 8 nitrogen and oxygen atoms in total. The van der Waals surface area contributed by atoms with Crippen LogP contribution in [0.4, 0.5) is 0 Å². The molecule has 2 atom stereocenters. The first-order chi connectivity index (χ1) is 17.6. The molecule has 10 heteroatoms. The monoisotopic (exact) mass is 549 g/mol. The summed E-state index contributed by atoms with van der Waals surface area (Å²) in [5, 5.41) is 13.4. The lowest BCUT2D eigenvalue weighted by Gasteiger charge is -2.34. The number of nitrogens with two attached hydrogens (primary N) is 1. The molecule has 1 aliphatic heterocycles. The lowest BCUT2D eigenvalue weighted by atomic mass is 9.79.